The van der Waals surface area contributed by atoms with Gasteiger partial charge in [-0.05, 0) is 6.42 Å². The molecule has 0 saturated heterocycles. The van der Waals surface area contributed by atoms with Gasteiger partial charge >= 0.3 is 0 Å². The van der Waals surface area contributed by atoms with Crippen LogP contribution in [0.4, 0.5) is 0 Å². The molecule has 0 unspecified atom stereocenters. The number of nitrogens with one attached hydrogen (secondary N) is 2. The van der Waals surface area contributed by atoms with Gasteiger partial charge in [0.1, 0.15) is 0 Å². The van der Waals surface area contributed by atoms with Gasteiger partial charge in [0.2, 0.25) is 0 Å². The first-order valence-corrected chi connectivity index (χ1v) is 3.60. The molecule has 4 nitrogen and oxygen atoms in total. The highest BCUT2D eigenvalue weighted by Gasteiger charge is 1.90. The summed E-state index contributed by atoms with van der Waals surface area (Å²) >= 11 is 0. The van der Waals surface area contributed by atoms with Crippen LogP contribution in [-0.2, 0) is 0 Å². The second-order valence-electron chi connectivity index (χ2n) is 2.01. The molecule has 0 amide bonds. The van der Waals surface area contributed by atoms with Crippen molar-refractivity contribution in [2.24, 2.45) is 4.99 Å². The SMILES string of the molecule is CN=C(NC)NCCCC#N. The number of aliphatic imine (C=N–C) groups is 1. The van der Waals surface area contributed by atoms with E-state index in [1.165, 1.54) is 0 Å². The van der Waals surface area contributed by atoms with E-state index in [1.807, 2.05) is 0 Å². The minimum Gasteiger partial charge on any atom is -0.359 e. The van der Waals surface area contributed by atoms with E-state index in [-0.39, 0.29) is 0 Å². The average molecular weight is 154 g/mol. The average Bonchev–Trinajstić information content (AvgIpc) is 2.05. The molecule has 0 atom stereocenters. The Labute approximate surface area is 67.3 Å². The van der Waals surface area contributed by atoms with Crippen LogP contribution in [0.3, 0.4) is 0 Å². The molecule has 62 valence electrons. The van der Waals surface area contributed by atoms with Crippen molar-refractivity contribution in [2.75, 3.05) is 20.6 Å². The molecule has 0 radical (unpaired) electrons. The molecule has 0 aliphatic heterocycles. The molecular weight excluding hydrogens is 140 g/mol. The monoisotopic (exact) mass is 154 g/mol. The van der Waals surface area contributed by atoms with E-state index < -0.39 is 0 Å². The second-order valence-corrected chi connectivity index (χ2v) is 2.01. The first kappa shape index (κ1) is 9.76. The van der Waals surface area contributed by atoms with Crippen molar-refractivity contribution in [2.45, 2.75) is 12.8 Å². The number of rotatable bonds is 3. The molecule has 0 fully saturated rings. The Morgan fingerprint density at radius 2 is 2.36 bits per heavy atom. The van der Waals surface area contributed by atoms with Crippen molar-refractivity contribution in [1.82, 2.24) is 10.6 Å². The maximum Gasteiger partial charge on any atom is 0.190 e. The third-order valence-corrected chi connectivity index (χ3v) is 1.22. The number of unbranched alkanes of at least 4 members (excludes halogenated alkanes) is 1. The number of nitriles is 1. The lowest BCUT2D eigenvalue weighted by Gasteiger charge is -2.05. The predicted molar refractivity (Wildman–Crippen MR) is 45.3 cm³/mol. The molecule has 0 heterocycles. The van der Waals surface area contributed by atoms with Gasteiger partial charge < -0.3 is 10.6 Å². The number of hydrogen-bond acceptors (Lipinski definition) is 2. The molecule has 0 aliphatic rings. The van der Waals surface area contributed by atoms with Crippen LogP contribution in [0.5, 0.6) is 0 Å². The van der Waals surface area contributed by atoms with Gasteiger partial charge in [-0.3, -0.25) is 4.99 Å². The number of hydrogen-bond donors (Lipinski definition) is 2. The van der Waals surface area contributed by atoms with Crippen LogP contribution in [0.2, 0.25) is 0 Å². The first-order chi connectivity index (χ1) is 5.35. The van der Waals surface area contributed by atoms with E-state index in [9.17, 15) is 0 Å². The summed E-state index contributed by atoms with van der Waals surface area (Å²) in [4.78, 5) is 3.92. The summed E-state index contributed by atoms with van der Waals surface area (Å²) in [7, 11) is 3.52. The summed E-state index contributed by atoms with van der Waals surface area (Å²) in [6.45, 7) is 0.793. The molecule has 0 spiro atoms. The molecule has 11 heavy (non-hydrogen) atoms. The summed E-state index contributed by atoms with van der Waals surface area (Å²) in [5, 5.41) is 14.1. The highest BCUT2D eigenvalue weighted by Crippen LogP contribution is 1.81. The van der Waals surface area contributed by atoms with Crippen LogP contribution >= 0.6 is 0 Å². The summed E-state index contributed by atoms with van der Waals surface area (Å²) < 4.78 is 0. The van der Waals surface area contributed by atoms with E-state index >= 15 is 0 Å². The molecule has 0 rings (SSSR count). The minimum atomic E-state index is 0.591. The van der Waals surface area contributed by atoms with E-state index in [0.717, 1.165) is 18.9 Å². The third kappa shape index (κ3) is 5.22. The first-order valence-electron chi connectivity index (χ1n) is 3.60. The molecule has 0 aromatic carbocycles. The van der Waals surface area contributed by atoms with Crippen LogP contribution in [0.15, 0.2) is 4.99 Å². The van der Waals surface area contributed by atoms with Gasteiger partial charge in [0.15, 0.2) is 5.96 Å². The van der Waals surface area contributed by atoms with Gasteiger partial charge in [0.05, 0.1) is 6.07 Å². The number of nitrogens with zero attached hydrogens (tertiary/aromatic N) is 2. The molecular formula is C7H14N4. The van der Waals surface area contributed by atoms with Gasteiger partial charge in [-0.2, -0.15) is 5.26 Å². The lowest BCUT2D eigenvalue weighted by atomic mass is 10.3. The zero-order chi connectivity index (χ0) is 8.53. The van der Waals surface area contributed by atoms with E-state index in [1.54, 1.807) is 14.1 Å². The van der Waals surface area contributed by atoms with Crippen LogP contribution in [-0.4, -0.2) is 26.6 Å². The van der Waals surface area contributed by atoms with Crippen molar-refractivity contribution in [3.8, 4) is 6.07 Å². The van der Waals surface area contributed by atoms with Crippen molar-refractivity contribution in [1.29, 1.82) is 5.26 Å². The largest absolute Gasteiger partial charge is 0.359 e. The smallest absolute Gasteiger partial charge is 0.190 e. The quantitative estimate of drug-likeness (QED) is 0.344. The van der Waals surface area contributed by atoms with E-state index in [2.05, 4.69) is 21.7 Å². The molecule has 0 saturated carbocycles. The lowest BCUT2D eigenvalue weighted by molar-refractivity contribution is 0.775. The Morgan fingerprint density at radius 1 is 1.64 bits per heavy atom. The molecule has 4 heteroatoms. The molecule has 0 aromatic heterocycles. The van der Waals surface area contributed by atoms with Crippen LogP contribution in [0.1, 0.15) is 12.8 Å². The summed E-state index contributed by atoms with van der Waals surface area (Å²) in [5.74, 6) is 0.767. The highest BCUT2D eigenvalue weighted by atomic mass is 15.1. The summed E-state index contributed by atoms with van der Waals surface area (Å²) in [6.07, 6.45) is 1.45. The van der Waals surface area contributed by atoms with E-state index in [4.69, 9.17) is 5.26 Å². The standard InChI is InChI=1S/C7H14N4/c1-9-7(10-2)11-6-4-3-5-8/h3-4,6H2,1-2H3,(H2,9,10,11). The van der Waals surface area contributed by atoms with E-state index in [0.29, 0.717) is 6.42 Å². The Hall–Kier alpha value is -1.24. The molecule has 0 bridgehead atoms. The molecule has 0 aliphatic carbocycles. The van der Waals surface area contributed by atoms with Gasteiger partial charge in [0.25, 0.3) is 0 Å². The molecule has 0 aromatic rings. The zero-order valence-corrected chi connectivity index (χ0v) is 7.02. The fourth-order valence-corrected chi connectivity index (χ4v) is 0.653. The van der Waals surface area contributed by atoms with Gasteiger partial charge in [-0.25, -0.2) is 0 Å². The fourth-order valence-electron chi connectivity index (χ4n) is 0.653. The van der Waals surface area contributed by atoms with Gasteiger partial charge in [-0.15, -0.1) is 0 Å². The van der Waals surface area contributed by atoms with Crippen molar-refractivity contribution in [3.63, 3.8) is 0 Å². The Balaban J connectivity index is 3.31. The van der Waals surface area contributed by atoms with Crippen LogP contribution in [0, 0.1) is 11.3 Å². The number of guanidine groups is 1. The highest BCUT2D eigenvalue weighted by molar-refractivity contribution is 5.79. The lowest BCUT2D eigenvalue weighted by Crippen LogP contribution is -2.35. The van der Waals surface area contributed by atoms with Crippen LogP contribution in [0.25, 0.3) is 0 Å². The normalized spacial score (nSPS) is 10.5. The maximum absolute atomic E-state index is 8.22. The Bertz CT molecular complexity index is 156. The van der Waals surface area contributed by atoms with Crippen molar-refractivity contribution >= 4 is 5.96 Å². The minimum absolute atomic E-state index is 0.591. The summed E-state index contributed by atoms with van der Waals surface area (Å²) in [6, 6.07) is 2.08. The maximum atomic E-state index is 8.22. The fraction of sp³-hybridized carbons (Fsp3) is 0.714. The van der Waals surface area contributed by atoms with Crippen molar-refractivity contribution < 1.29 is 0 Å². The van der Waals surface area contributed by atoms with Crippen LogP contribution < -0.4 is 10.6 Å². The summed E-state index contributed by atoms with van der Waals surface area (Å²) in [5.41, 5.74) is 0. The zero-order valence-electron chi connectivity index (χ0n) is 7.02. The second kappa shape index (κ2) is 6.87. The Kier molecular flexibility index (Phi) is 6.10. The predicted octanol–water partition coefficient (Wildman–Crippen LogP) is 0.0850. The topological polar surface area (TPSA) is 60.2 Å². The van der Waals surface area contributed by atoms with Crippen molar-refractivity contribution in [3.05, 3.63) is 0 Å². The van der Waals surface area contributed by atoms with Gasteiger partial charge in [-0.1, -0.05) is 0 Å². The molecule has 2 N–H and O–H groups in total. The Morgan fingerprint density at radius 3 is 2.82 bits per heavy atom. The van der Waals surface area contributed by atoms with Gasteiger partial charge in [0, 0.05) is 27.1 Å². The third-order valence-electron chi connectivity index (χ3n) is 1.22.